The highest BCUT2D eigenvalue weighted by atomic mass is 16.2. The van der Waals surface area contributed by atoms with Gasteiger partial charge >= 0.3 is 6.03 Å². The Bertz CT molecular complexity index is 541. The molecule has 0 bridgehead atoms. The normalized spacial score (nSPS) is 22.5. The van der Waals surface area contributed by atoms with E-state index in [0.29, 0.717) is 12.6 Å². The van der Waals surface area contributed by atoms with Crippen LogP contribution in [0.4, 0.5) is 4.79 Å². The van der Waals surface area contributed by atoms with E-state index in [9.17, 15) is 4.79 Å². The van der Waals surface area contributed by atoms with E-state index in [2.05, 4.69) is 35.5 Å². The van der Waals surface area contributed by atoms with E-state index in [4.69, 9.17) is 0 Å². The fourth-order valence-corrected chi connectivity index (χ4v) is 3.33. The summed E-state index contributed by atoms with van der Waals surface area (Å²) in [4.78, 5) is 16.7. The Morgan fingerprint density at radius 3 is 2.82 bits per heavy atom. The molecule has 0 radical (unpaired) electrons. The number of carbonyl (C=O) groups is 1. The minimum atomic E-state index is 0.0711. The highest BCUT2D eigenvalue weighted by Crippen LogP contribution is 2.20. The molecule has 1 saturated heterocycles. The van der Waals surface area contributed by atoms with E-state index >= 15 is 0 Å². The van der Waals surface area contributed by atoms with E-state index in [-0.39, 0.29) is 6.03 Å². The number of carbonyl (C=O) groups excluding carboxylic acids is 1. The first-order chi connectivity index (χ1) is 10.7. The monoisotopic (exact) mass is 299 g/mol. The standard InChI is InChI=1S/C18H25N3O/c1-20-11-6-10-17(20)13-19-18(22)21-12-5-9-16(14-21)15-7-3-2-4-8-15/h2-4,7-9,17H,5-6,10-14H2,1H3,(H,19,22). The summed E-state index contributed by atoms with van der Waals surface area (Å²) in [5.41, 5.74) is 2.47. The van der Waals surface area contributed by atoms with Crippen LogP contribution < -0.4 is 5.32 Å². The molecule has 1 aromatic carbocycles. The first-order valence-electron chi connectivity index (χ1n) is 8.21. The summed E-state index contributed by atoms with van der Waals surface area (Å²) >= 11 is 0. The Labute approximate surface area is 132 Å². The summed E-state index contributed by atoms with van der Waals surface area (Å²) < 4.78 is 0. The van der Waals surface area contributed by atoms with Crippen molar-refractivity contribution in [3.63, 3.8) is 0 Å². The number of hydrogen-bond donors (Lipinski definition) is 1. The van der Waals surface area contributed by atoms with Gasteiger partial charge in [-0.05, 0) is 44.0 Å². The maximum absolute atomic E-state index is 12.4. The molecule has 3 rings (SSSR count). The summed E-state index contributed by atoms with van der Waals surface area (Å²) in [5.74, 6) is 0. The van der Waals surface area contributed by atoms with Crippen molar-refractivity contribution in [2.45, 2.75) is 25.3 Å². The molecule has 4 heteroatoms. The second-order valence-electron chi connectivity index (χ2n) is 6.27. The van der Waals surface area contributed by atoms with Crippen LogP contribution in [0.3, 0.4) is 0 Å². The van der Waals surface area contributed by atoms with Gasteiger partial charge in [-0.2, -0.15) is 0 Å². The summed E-state index contributed by atoms with van der Waals surface area (Å²) in [5, 5.41) is 3.11. The topological polar surface area (TPSA) is 35.6 Å². The molecule has 1 fully saturated rings. The molecule has 0 aromatic heterocycles. The largest absolute Gasteiger partial charge is 0.336 e. The Balaban J connectivity index is 1.54. The van der Waals surface area contributed by atoms with Crippen molar-refractivity contribution < 1.29 is 4.79 Å². The number of likely N-dealkylation sites (tertiary alicyclic amines) is 1. The molecule has 2 aliphatic heterocycles. The highest BCUT2D eigenvalue weighted by molar-refractivity contribution is 5.78. The van der Waals surface area contributed by atoms with E-state index in [1.807, 2.05) is 23.1 Å². The number of nitrogens with zero attached hydrogens (tertiary/aromatic N) is 2. The van der Waals surface area contributed by atoms with Crippen molar-refractivity contribution >= 4 is 11.6 Å². The number of benzene rings is 1. The third-order valence-electron chi connectivity index (χ3n) is 4.74. The lowest BCUT2D eigenvalue weighted by Gasteiger charge is -2.29. The van der Waals surface area contributed by atoms with Crippen molar-refractivity contribution in [3.8, 4) is 0 Å². The maximum atomic E-state index is 12.4. The van der Waals surface area contributed by atoms with Crippen LogP contribution in [-0.2, 0) is 0 Å². The van der Waals surface area contributed by atoms with Gasteiger partial charge in [0.2, 0.25) is 0 Å². The molecule has 2 aliphatic rings. The van der Waals surface area contributed by atoms with Crippen molar-refractivity contribution in [1.29, 1.82) is 0 Å². The minimum absolute atomic E-state index is 0.0711. The van der Waals surface area contributed by atoms with Gasteiger partial charge in [-0.1, -0.05) is 36.4 Å². The molecule has 1 N–H and O–H groups in total. The van der Waals surface area contributed by atoms with Crippen molar-refractivity contribution in [1.82, 2.24) is 15.1 Å². The molecule has 0 spiro atoms. The first kappa shape index (κ1) is 15.1. The number of likely N-dealkylation sites (N-methyl/N-ethyl adjacent to an activating group) is 1. The van der Waals surface area contributed by atoms with Gasteiger partial charge in [0.25, 0.3) is 0 Å². The predicted octanol–water partition coefficient (Wildman–Crippen LogP) is 2.58. The smallest absolute Gasteiger partial charge is 0.317 e. The van der Waals surface area contributed by atoms with Gasteiger partial charge in [0.1, 0.15) is 0 Å². The lowest BCUT2D eigenvalue weighted by atomic mass is 10.0. The zero-order valence-electron chi connectivity index (χ0n) is 13.3. The molecule has 0 saturated carbocycles. The summed E-state index contributed by atoms with van der Waals surface area (Å²) in [6.45, 7) is 3.42. The summed E-state index contributed by atoms with van der Waals surface area (Å²) in [7, 11) is 2.14. The fourth-order valence-electron chi connectivity index (χ4n) is 3.33. The van der Waals surface area contributed by atoms with Crippen LogP contribution >= 0.6 is 0 Å². The van der Waals surface area contributed by atoms with Gasteiger partial charge < -0.3 is 15.1 Å². The van der Waals surface area contributed by atoms with Crippen LogP contribution in [0.2, 0.25) is 0 Å². The average molecular weight is 299 g/mol. The molecular weight excluding hydrogens is 274 g/mol. The Morgan fingerprint density at radius 2 is 2.09 bits per heavy atom. The zero-order valence-corrected chi connectivity index (χ0v) is 13.3. The predicted molar refractivity (Wildman–Crippen MR) is 89.7 cm³/mol. The number of amides is 2. The van der Waals surface area contributed by atoms with Crippen molar-refractivity contribution in [2.75, 3.05) is 33.2 Å². The zero-order chi connectivity index (χ0) is 15.4. The van der Waals surface area contributed by atoms with Crippen LogP contribution in [0.25, 0.3) is 5.57 Å². The van der Waals surface area contributed by atoms with Crippen molar-refractivity contribution in [3.05, 3.63) is 42.0 Å². The van der Waals surface area contributed by atoms with Crippen LogP contribution in [0.15, 0.2) is 36.4 Å². The van der Waals surface area contributed by atoms with Gasteiger partial charge in [0.05, 0.1) is 0 Å². The van der Waals surface area contributed by atoms with Gasteiger partial charge in [-0.3, -0.25) is 0 Å². The lowest BCUT2D eigenvalue weighted by molar-refractivity contribution is 0.199. The molecule has 1 unspecified atom stereocenters. The Kier molecular flexibility index (Phi) is 4.78. The third-order valence-corrected chi connectivity index (χ3v) is 4.74. The highest BCUT2D eigenvalue weighted by Gasteiger charge is 2.23. The minimum Gasteiger partial charge on any atom is -0.336 e. The Hall–Kier alpha value is -1.81. The summed E-state index contributed by atoms with van der Waals surface area (Å²) in [6, 6.07) is 10.9. The lowest BCUT2D eigenvalue weighted by Crippen LogP contribution is -2.46. The van der Waals surface area contributed by atoms with Gasteiger partial charge in [0, 0.05) is 25.7 Å². The number of hydrogen-bond acceptors (Lipinski definition) is 2. The molecule has 118 valence electrons. The molecule has 2 amide bonds. The number of rotatable bonds is 3. The van der Waals surface area contributed by atoms with E-state index in [1.165, 1.54) is 24.0 Å². The molecule has 2 heterocycles. The molecule has 1 aromatic rings. The van der Waals surface area contributed by atoms with Crippen molar-refractivity contribution in [2.24, 2.45) is 0 Å². The molecule has 4 nitrogen and oxygen atoms in total. The Morgan fingerprint density at radius 1 is 1.27 bits per heavy atom. The van der Waals surface area contributed by atoms with Crippen LogP contribution in [0, 0.1) is 0 Å². The molecule has 1 atom stereocenters. The number of nitrogens with one attached hydrogen (secondary N) is 1. The van der Waals surface area contributed by atoms with Gasteiger partial charge in [0.15, 0.2) is 0 Å². The molecule has 0 aliphatic carbocycles. The van der Waals surface area contributed by atoms with E-state index < -0.39 is 0 Å². The van der Waals surface area contributed by atoms with E-state index in [0.717, 1.165) is 26.1 Å². The first-order valence-corrected chi connectivity index (χ1v) is 8.21. The van der Waals surface area contributed by atoms with Crippen LogP contribution in [0.1, 0.15) is 24.8 Å². The van der Waals surface area contributed by atoms with Crippen LogP contribution in [0.5, 0.6) is 0 Å². The third kappa shape index (κ3) is 3.50. The second-order valence-corrected chi connectivity index (χ2v) is 6.27. The average Bonchev–Trinajstić information content (AvgIpc) is 2.99. The number of urea groups is 1. The summed E-state index contributed by atoms with van der Waals surface area (Å²) in [6.07, 6.45) is 5.61. The molecule has 22 heavy (non-hydrogen) atoms. The maximum Gasteiger partial charge on any atom is 0.317 e. The van der Waals surface area contributed by atoms with Gasteiger partial charge in [-0.25, -0.2) is 4.79 Å². The SMILES string of the molecule is CN1CCCC1CNC(=O)N1CCC=C(c2ccccc2)C1. The van der Waals surface area contributed by atoms with E-state index in [1.54, 1.807) is 0 Å². The fraction of sp³-hybridized carbons (Fsp3) is 0.500. The quantitative estimate of drug-likeness (QED) is 0.931. The van der Waals surface area contributed by atoms with Gasteiger partial charge in [-0.15, -0.1) is 0 Å². The molecular formula is C18H25N3O. The second kappa shape index (κ2) is 6.97. The van der Waals surface area contributed by atoms with Crippen LogP contribution in [-0.4, -0.2) is 55.1 Å².